The number of rotatable bonds is 7. The molecule has 8 heteroatoms. The Morgan fingerprint density at radius 2 is 1.55 bits per heavy atom. The molecule has 0 saturated carbocycles. The van der Waals surface area contributed by atoms with Gasteiger partial charge in [-0.1, -0.05) is 74.5 Å². The molecule has 0 fully saturated rings. The van der Waals surface area contributed by atoms with Crippen LogP contribution < -0.4 is 10.5 Å². The van der Waals surface area contributed by atoms with Crippen molar-refractivity contribution >= 4 is 35.4 Å². The molecule has 2 heterocycles. The molecule has 0 aliphatic heterocycles. The van der Waals surface area contributed by atoms with E-state index in [2.05, 4.69) is 14.9 Å². The Kier molecular flexibility index (Phi) is 8.24. The van der Waals surface area contributed by atoms with E-state index in [0.717, 1.165) is 11.1 Å². The van der Waals surface area contributed by atoms with Crippen molar-refractivity contribution in [2.75, 3.05) is 12.0 Å². The Morgan fingerprint density at radius 1 is 1.00 bits per heavy atom. The first-order chi connectivity index (χ1) is 16.1. The second-order valence-corrected chi connectivity index (χ2v) is 7.20. The minimum atomic E-state index is -1.71. The summed E-state index contributed by atoms with van der Waals surface area (Å²) in [5.74, 6) is 0.0574. The first-order valence-corrected chi connectivity index (χ1v) is 10.9. The van der Waals surface area contributed by atoms with E-state index in [1.807, 2.05) is 74.5 Å². The summed E-state index contributed by atoms with van der Waals surface area (Å²) < 4.78 is 4.87. The molecule has 0 saturated heterocycles. The quantitative estimate of drug-likeness (QED) is 0.298. The molecule has 0 amide bonds. The molecule has 33 heavy (non-hydrogen) atoms. The van der Waals surface area contributed by atoms with Crippen molar-refractivity contribution in [2.24, 2.45) is 0 Å². The molecule has 4 rings (SSSR count). The minimum Gasteiger partial charge on any atom is -0.465 e. The monoisotopic (exact) mass is 445 g/mol. The lowest BCUT2D eigenvalue weighted by Crippen LogP contribution is -2.30. The summed E-state index contributed by atoms with van der Waals surface area (Å²) >= 11 is 0. The van der Waals surface area contributed by atoms with E-state index in [9.17, 15) is 14.8 Å². The number of anilines is 1. The Hall–Kier alpha value is -3.62. The van der Waals surface area contributed by atoms with Crippen LogP contribution in [0.5, 0.6) is 0 Å². The van der Waals surface area contributed by atoms with Gasteiger partial charge < -0.3 is 24.7 Å². The Bertz CT molecular complexity index is 1140. The number of carbonyl (C=O) groups is 1. The SMILES string of the molecule is CC.COC(=O)c1cnc(N(Cc2ccccc2)Cc2ccccc2)c2[nH]c(B(O)O)cc12. The fraction of sp³-hybridized carbons (Fsp3) is 0.200. The van der Waals surface area contributed by atoms with Crippen LogP contribution in [0.2, 0.25) is 0 Å². The van der Waals surface area contributed by atoms with Crippen LogP contribution in [-0.2, 0) is 17.8 Å². The van der Waals surface area contributed by atoms with Gasteiger partial charge in [0.05, 0.1) is 18.2 Å². The lowest BCUT2D eigenvalue weighted by Gasteiger charge is -2.25. The molecule has 0 radical (unpaired) electrons. The average molecular weight is 445 g/mol. The largest absolute Gasteiger partial charge is 0.505 e. The molecule has 0 aliphatic carbocycles. The molecule has 2 aromatic heterocycles. The second kappa shape index (κ2) is 11.3. The van der Waals surface area contributed by atoms with E-state index in [0.29, 0.717) is 29.8 Å². The van der Waals surface area contributed by atoms with Gasteiger partial charge in [-0.3, -0.25) is 0 Å². The van der Waals surface area contributed by atoms with E-state index in [1.54, 1.807) is 6.07 Å². The molecule has 3 N–H and O–H groups in total. The van der Waals surface area contributed by atoms with Gasteiger partial charge in [0.2, 0.25) is 0 Å². The number of aromatic amines is 1. The normalized spacial score (nSPS) is 10.3. The van der Waals surface area contributed by atoms with Crippen molar-refractivity contribution < 1.29 is 19.6 Å². The van der Waals surface area contributed by atoms with Crippen LogP contribution in [-0.4, -0.2) is 40.2 Å². The molecule has 0 bridgehead atoms. The maximum Gasteiger partial charge on any atom is 0.505 e. The van der Waals surface area contributed by atoms with E-state index in [4.69, 9.17) is 4.74 Å². The number of carbonyl (C=O) groups excluding carboxylic acids is 1. The molecule has 2 aromatic carbocycles. The molecular formula is C25H28BN3O4. The maximum atomic E-state index is 12.3. The molecule has 4 aromatic rings. The van der Waals surface area contributed by atoms with Gasteiger partial charge in [-0.2, -0.15) is 0 Å². The number of nitrogens with one attached hydrogen (secondary N) is 1. The number of hydrogen-bond acceptors (Lipinski definition) is 6. The first-order valence-electron chi connectivity index (χ1n) is 10.9. The van der Waals surface area contributed by atoms with E-state index >= 15 is 0 Å². The molecular weight excluding hydrogens is 417 g/mol. The summed E-state index contributed by atoms with van der Waals surface area (Å²) in [6.07, 6.45) is 1.47. The zero-order valence-corrected chi connectivity index (χ0v) is 19.0. The molecule has 0 spiro atoms. The Labute approximate surface area is 193 Å². The molecule has 7 nitrogen and oxygen atoms in total. The second-order valence-electron chi connectivity index (χ2n) is 7.20. The summed E-state index contributed by atoms with van der Waals surface area (Å²) in [4.78, 5) is 21.9. The van der Waals surface area contributed by atoms with Crippen molar-refractivity contribution in [1.82, 2.24) is 9.97 Å². The Morgan fingerprint density at radius 3 is 2.03 bits per heavy atom. The number of hydrogen-bond donors (Lipinski definition) is 3. The highest BCUT2D eigenvalue weighted by molar-refractivity contribution is 6.58. The number of ether oxygens (including phenoxy) is 1. The van der Waals surface area contributed by atoms with Gasteiger partial charge in [0.15, 0.2) is 5.82 Å². The maximum absolute atomic E-state index is 12.3. The lowest BCUT2D eigenvalue weighted by molar-refractivity contribution is 0.0602. The van der Waals surface area contributed by atoms with E-state index in [-0.39, 0.29) is 11.2 Å². The third kappa shape index (κ3) is 5.60. The summed E-state index contributed by atoms with van der Waals surface area (Å²) in [7, 11) is -0.407. The number of aromatic nitrogens is 2. The van der Waals surface area contributed by atoms with Gasteiger partial charge in [0.25, 0.3) is 0 Å². The summed E-state index contributed by atoms with van der Waals surface area (Å²) in [6.45, 7) is 5.15. The molecule has 0 aliphatic rings. The number of fused-ring (bicyclic) bond motifs is 1. The highest BCUT2D eigenvalue weighted by Gasteiger charge is 2.23. The van der Waals surface area contributed by atoms with E-state index in [1.165, 1.54) is 13.3 Å². The highest BCUT2D eigenvalue weighted by atomic mass is 16.5. The van der Waals surface area contributed by atoms with Crippen LogP contribution in [0.15, 0.2) is 72.9 Å². The van der Waals surface area contributed by atoms with Gasteiger partial charge in [0, 0.05) is 30.3 Å². The van der Waals surface area contributed by atoms with Crippen LogP contribution in [0, 0.1) is 0 Å². The van der Waals surface area contributed by atoms with Gasteiger partial charge in [0.1, 0.15) is 0 Å². The smallest absolute Gasteiger partial charge is 0.465 e. The van der Waals surface area contributed by atoms with Crippen molar-refractivity contribution in [3.05, 3.63) is 89.6 Å². The summed E-state index contributed by atoms with van der Waals surface area (Å²) in [5.41, 5.74) is 3.16. The topological polar surface area (TPSA) is 98.7 Å². The van der Waals surface area contributed by atoms with Gasteiger partial charge in [-0.25, -0.2) is 9.78 Å². The lowest BCUT2D eigenvalue weighted by atomic mass is 9.86. The van der Waals surface area contributed by atoms with Crippen LogP contribution >= 0.6 is 0 Å². The fourth-order valence-corrected chi connectivity index (χ4v) is 3.59. The predicted molar refractivity (Wildman–Crippen MR) is 131 cm³/mol. The van der Waals surface area contributed by atoms with Gasteiger partial charge in [-0.05, 0) is 17.2 Å². The van der Waals surface area contributed by atoms with Crippen molar-refractivity contribution in [2.45, 2.75) is 26.9 Å². The predicted octanol–water partition coefficient (Wildman–Crippen LogP) is 3.26. The average Bonchev–Trinajstić information content (AvgIpc) is 3.31. The molecule has 0 unspecified atom stereocenters. The standard InChI is InChI=1S/C23H22BN3O4.C2H6/c1-31-23(28)19-13-25-22(21-18(19)12-20(26-21)24(29)30)27(14-16-8-4-2-5-9-16)15-17-10-6-3-7-11-17;1-2/h2-13,26,29-30H,14-15H2,1H3;1-2H3. The fourth-order valence-electron chi connectivity index (χ4n) is 3.59. The van der Waals surface area contributed by atoms with E-state index < -0.39 is 13.1 Å². The third-order valence-electron chi connectivity index (χ3n) is 5.08. The van der Waals surface area contributed by atoms with Crippen molar-refractivity contribution in [1.29, 1.82) is 0 Å². The van der Waals surface area contributed by atoms with Crippen LogP contribution in [0.3, 0.4) is 0 Å². The first kappa shape index (κ1) is 24.0. The number of nitrogens with zero attached hydrogens (tertiary/aromatic N) is 2. The van der Waals surface area contributed by atoms with Gasteiger partial charge in [-0.15, -0.1) is 0 Å². The number of benzene rings is 2. The van der Waals surface area contributed by atoms with Gasteiger partial charge >= 0.3 is 13.1 Å². The minimum absolute atomic E-state index is 0.175. The summed E-state index contributed by atoms with van der Waals surface area (Å²) in [6, 6.07) is 21.5. The van der Waals surface area contributed by atoms with Crippen LogP contribution in [0.4, 0.5) is 5.82 Å². The molecule has 0 atom stereocenters. The zero-order chi connectivity index (χ0) is 23.8. The molecule has 170 valence electrons. The Balaban J connectivity index is 0.00000149. The van der Waals surface area contributed by atoms with Crippen LogP contribution in [0.1, 0.15) is 35.3 Å². The highest BCUT2D eigenvalue weighted by Crippen LogP contribution is 2.28. The summed E-state index contributed by atoms with van der Waals surface area (Å²) in [5, 5.41) is 19.9. The third-order valence-corrected chi connectivity index (χ3v) is 5.08. The number of esters is 1. The van der Waals surface area contributed by atoms with Crippen LogP contribution in [0.25, 0.3) is 10.9 Å². The van der Waals surface area contributed by atoms with Crippen molar-refractivity contribution in [3.63, 3.8) is 0 Å². The number of pyridine rings is 1. The zero-order valence-electron chi connectivity index (χ0n) is 19.0. The number of methoxy groups -OCH3 is 1. The number of H-pyrrole nitrogens is 1. The van der Waals surface area contributed by atoms with Crippen molar-refractivity contribution in [3.8, 4) is 0 Å².